The molecule has 2 nitrogen and oxygen atoms in total. The van der Waals surface area contributed by atoms with Gasteiger partial charge in [-0.2, -0.15) is 0 Å². The lowest BCUT2D eigenvalue weighted by Crippen LogP contribution is -1.99. The predicted molar refractivity (Wildman–Crippen MR) is 69.4 cm³/mol. The van der Waals surface area contributed by atoms with Crippen LogP contribution in [-0.4, -0.2) is 0 Å². The molecule has 1 atom stereocenters. The molecule has 0 amide bonds. The fourth-order valence-corrected chi connectivity index (χ4v) is 1.97. The van der Waals surface area contributed by atoms with Crippen molar-refractivity contribution >= 4 is 23.0 Å². The van der Waals surface area contributed by atoms with Gasteiger partial charge in [0.1, 0.15) is 0 Å². The number of anilines is 2. The van der Waals surface area contributed by atoms with Crippen molar-refractivity contribution < 1.29 is 0 Å². The molecule has 16 heavy (non-hydrogen) atoms. The van der Waals surface area contributed by atoms with Crippen LogP contribution in [0, 0.1) is 0 Å². The molecule has 0 saturated heterocycles. The maximum atomic E-state index is 6.37. The summed E-state index contributed by atoms with van der Waals surface area (Å²) in [5.41, 5.74) is 14.9. The van der Waals surface area contributed by atoms with E-state index in [9.17, 15) is 0 Å². The van der Waals surface area contributed by atoms with E-state index in [-0.39, 0.29) is 5.38 Å². The Morgan fingerprint density at radius 3 is 2.38 bits per heavy atom. The lowest BCUT2D eigenvalue weighted by atomic mass is 10.0. The Kier molecular flexibility index (Phi) is 3.02. The minimum Gasteiger partial charge on any atom is -0.399 e. The summed E-state index contributed by atoms with van der Waals surface area (Å²) in [6, 6.07) is 15.1. The molecule has 0 fully saturated rings. The average molecular weight is 233 g/mol. The van der Waals surface area contributed by atoms with Crippen LogP contribution in [0.2, 0.25) is 0 Å². The number of alkyl halides is 1. The van der Waals surface area contributed by atoms with Crippen molar-refractivity contribution in [3.8, 4) is 0 Å². The quantitative estimate of drug-likeness (QED) is 0.617. The van der Waals surface area contributed by atoms with E-state index in [1.165, 1.54) is 0 Å². The molecule has 2 aromatic rings. The van der Waals surface area contributed by atoms with Gasteiger partial charge in [0.05, 0.1) is 5.38 Å². The molecule has 0 saturated carbocycles. The standard InChI is InChI=1S/C13H13ClN2/c14-13(9-4-3-5-10(15)8-9)11-6-1-2-7-12(11)16/h1-8,13H,15-16H2. The van der Waals surface area contributed by atoms with Crippen molar-refractivity contribution in [2.75, 3.05) is 11.5 Å². The van der Waals surface area contributed by atoms with E-state index >= 15 is 0 Å². The van der Waals surface area contributed by atoms with Gasteiger partial charge in [0.2, 0.25) is 0 Å². The van der Waals surface area contributed by atoms with Crippen molar-refractivity contribution in [2.45, 2.75) is 5.38 Å². The molecular formula is C13H13ClN2. The van der Waals surface area contributed by atoms with Crippen LogP contribution < -0.4 is 11.5 Å². The van der Waals surface area contributed by atoms with Crippen molar-refractivity contribution in [3.05, 3.63) is 59.7 Å². The van der Waals surface area contributed by atoms with Gasteiger partial charge in [-0.05, 0) is 29.3 Å². The van der Waals surface area contributed by atoms with Crippen LogP contribution in [0.25, 0.3) is 0 Å². The van der Waals surface area contributed by atoms with Crippen molar-refractivity contribution in [3.63, 3.8) is 0 Å². The van der Waals surface area contributed by atoms with E-state index in [1.807, 2.05) is 48.5 Å². The van der Waals surface area contributed by atoms with E-state index in [0.29, 0.717) is 11.4 Å². The molecule has 0 aliphatic rings. The van der Waals surface area contributed by atoms with E-state index in [4.69, 9.17) is 23.1 Å². The summed E-state index contributed by atoms with van der Waals surface area (Å²) in [5.74, 6) is 0. The van der Waals surface area contributed by atoms with Crippen LogP contribution in [0.4, 0.5) is 11.4 Å². The minimum absolute atomic E-state index is 0.260. The Balaban J connectivity index is 2.39. The van der Waals surface area contributed by atoms with Crippen molar-refractivity contribution in [1.29, 1.82) is 0 Å². The Morgan fingerprint density at radius 2 is 1.69 bits per heavy atom. The summed E-state index contributed by atoms with van der Waals surface area (Å²) in [6.45, 7) is 0. The summed E-state index contributed by atoms with van der Waals surface area (Å²) in [4.78, 5) is 0. The molecule has 0 aliphatic heterocycles. The second kappa shape index (κ2) is 4.45. The maximum absolute atomic E-state index is 6.37. The van der Waals surface area contributed by atoms with Crippen LogP contribution in [0.15, 0.2) is 48.5 Å². The third kappa shape index (κ3) is 2.12. The SMILES string of the molecule is Nc1cccc(C(Cl)c2ccccc2N)c1. The average Bonchev–Trinajstić information content (AvgIpc) is 2.29. The molecule has 2 rings (SSSR count). The lowest BCUT2D eigenvalue weighted by Gasteiger charge is -2.13. The highest BCUT2D eigenvalue weighted by Crippen LogP contribution is 2.32. The molecule has 0 spiro atoms. The zero-order valence-electron chi connectivity index (χ0n) is 8.73. The normalized spacial score (nSPS) is 12.3. The van der Waals surface area contributed by atoms with Gasteiger partial charge in [0.25, 0.3) is 0 Å². The number of halogens is 1. The number of para-hydroxylation sites is 1. The van der Waals surface area contributed by atoms with Crippen molar-refractivity contribution in [1.82, 2.24) is 0 Å². The van der Waals surface area contributed by atoms with Gasteiger partial charge in [-0.15, -0.1) is 11.6 Å². The Labute approximate surface area is 99.8 Å². The fourth-order valence-electron chi connectivity index (χ4n) is 1.64. The van der Waals surface area contributed by atoms with E-state index in [1.54, 1.807) is 0 Å². The first-order valence-corrected chi connectivity index (χ1v) is 5.46. The fraction of sp³-hybridized carbons (Fsp3) is 0.0769. The van der Waals surface area contributed by atoms with Gasteiger partial charge >= 0.3 is 0 Å². The highest BCUT2D eigenvalue weighted by atomic mass is 35.5. The highest BCUT2D eigenvalue weighted by Gasteiger charge is 2.12. The van der Waals surface area contributed by atoms with Gasteiger partial charge in [-0.25, -0.2) is 0 Å². The zero-order valence-corrected chi connectivity index (χ0v) is 9.48. The Bertz CT molecular complexity index is 497. The number of nitrogen functional groups attached to an aromatic ring is 2. The smallest absolute Gasteiger partial charge is 0.0855 e. The molecule has 0 heterocycles. The number of rotatable bonds is 2. The molecule has 0 aromatic heterocycles. The van der Waals surface area contributed by atoms with Gasteiger partial charge in [-0.1, -0.05) is 30.3 Å². The monoisotopic (exact) mass is 232 g/mol. The third-order valence-electron chi connectivity index (χ3n) is 2.47. The summed E-state index contributed by atoms with van der Waals surface area (Å²) < 4.78 is 0. The second-order valence-electron chi connectivity index (χ2n) is 3.66. The van der Waals surface area contributed by atoms with Gasteiger partial charge in [0, 0.05) is 11.4 Å². The van der Waals surface area contributed by atoms with Gasteiger partial charge < -0.3 is 11.5 Å². The number of hydrogen-bond donors (Lipinski definition) is 2. The molecule has 3 heteroatoms. The van der Waals surface area contributed by atoms with Crippen LogP contribution in [0.5, 0.6) is 0 Å². The molecular weight excluding hydrogens is 220 g/mol. The number of nitrogens with two attached hydrogens (primary N) is 2. The van der Waals surface area contributed by atoms with Crippen LogP contribution in [0.1, 0.15) is 16.5 Å². The Hall–Kier alpha value is -1.67. The zero-order chi connectivity index (χ0) is 11.5. The molecule has 1 unspecified atom stereocenters. The second-order valence-corrected chi connectivity index (χ2v) is 4.10. The number of hydrogen-bond acceptors (Lipinski definition) is 2. The molecule has 0 bridgehead atoms. The summed E-state index contributed by atoms with van der Waals surface area (Å²) in [6.07, 6.45) is 0. The molecule has 4 N–H and O–H groups in total. The highest BCUT2D eigenvalue weighted by molar-refractivity contribution is 6.23. The molecule has 2 aromatic carbocycles. The van der Waals surface area contributed by atoms with Crippen LogP contribution in [0.3, 0.4) is 0 Å². The van der Waals surface area contributed by atoms with Gasteiger partial charge in [0.15, 0.2) is 0 Å². The maximum Gasteiger partial charge on any atom is 0.0855 e. The molecule has 0 radical (unpaired) electrons. The molecule has 0 aliphatic carbocycles. The Morgan fingerprint density at radius 1 is 0.938 bits per heavy atom. The predicted octanol–water partition coefficient (Wildman–Crippen LogP) is 3.18. The van der Waals surface area contributed by atoms with E-state index < -0.39 is 0 Å². The lowest BCUT2D eigenvalue weighted by molar-refractivity contribution is 1.15. The largest absolute Gasteiger partial charge is 0.399 e. The van der Waals surface area contributed by atoms with Crippen molar-refractivity contribution in [2.24, 2.45) is 0 Å². The van der Waals surface area contributed by atoms with E-state index in [0.717, 1.165) is 11.1 Å². The first-order valence-electron chi connectivity index (χ1n) is 5.02. The van der Waals surface area contributed by atoms with Crippen LogP contribution in [-0.2, 0) is 0 Å². The minimum atomic E-state index is -0.260. The topological polar surface area (TPSA) is 52.0 Å². The van der Waals surface area contributed by atoms with Gasteiger partial charge in [-0.3, -0.25) is 0 Å². The first-order chi connectivity index (χ1) is 7.68. The van der Waals surface area contributed by atoms with E-state index in [2.05, 4.69) is 0 Å². The number of benzene rings is 2. The first kappa shape index (κ1) is 10.8. The van der Waals surface area contributed by atoms with Crippen LogP contribution >= 0.6 is 11.6 Å². The summed E-state index contributed by atoms with van der Waals surface area (Å²) in [7, 11) is 0. The molecule has 82 valence electrons. The summed E-state index contributed by atoms with van der Waals surface area (Å²) >= 11 is 6.37. The summed E-state index contributed by atoms with van der Waals surface area (Å²) in [5, 5.41) is -0.260. The third-order valence-corrected chi connectivity index (χ3v) is 2.96.